The van der Waals surface area contributed by atoms with Crippen molar-refractivity contribution in [2.45, 2.75) is 73.1 Å². The normalized spacial score (nSPS) is 12.1. The largest absolute Gasteiger partial charge is 0.462 e. The van der Waals surface area contributed by atoms with Gasteiger partial charge in [0.2, 0.25) is 0 Å². The Hall–Kier alpha value is -1.32. The molecule has 4 heteroatoms. The summed E-state index contributed by atoms with van der Waals surface area (Å²) in [5, 5.41) is 0. The highest BCUT2D eigenvalue weighted by Gasteiger charge is 2.23. The molecule has 0 amide bonds. The van der Waals surface area contributed by atoms with Gasteiger partial charge in [-0.25, -0.2) is 9.59 Å². The van der Waals surface area contributed by atoms with Crippen LogP contribution in [0.2, 0.25) is 0 Å². The van der Waals surface area contributed by atoms with E-state index < -0.39 is 0 Å². The van der Waals surface area contributed by atoms with E-state index in [-0.39, 0.29) is 17.9 Å². The molecule has 0 bridgehead atoms. The van der Waals surface area contributed by atoms with Gasteiger partial charge < -0.3 is 9.47 Å². The molecule has 0 fully saturated rings. The molecule has 0 heterocycles. The van der Waals surface area contributed by atoms with Gasteiger partial charge in [0.25, 0.3) is 0 Å². The van der Waals surface area contributed by atoms with Crippen molar-refractivity contribution in [2.24, 2.45) is 5.92 Å². The summed E-state index contributed by atoms with van der Waals surface area (Å²) in [6, 6.07) is 0. The minimum absolute atomic E-state index is 0.278. The first kappa shape index (κ1) is 20.7. The van der Waals surface area contributed by atoms with E-state index in [1.807, 2.05) is 27.7 Å². The molecule has 0 aliphatic rings. The van der Waals surface area contributed by atoms with E-state index in [2.05, 4.69) is 6.92 Å². The Bertz CT molecular complexity index is 369. The number of esters is 2. The van der Waals surface area contributed by atoms with Crippen molar-refractivity contribution in [3.63, 3.8) is 0 Å². The first-order chi connectivity index (χ1) is 10.5. The smallest absolute Gasteiger partial charge is 0.334 e. The molecule has 0 aromatic heterocycles. The average Bonchev–Trinajstić information content (AvgIpc) is 2.49. The van der Waals surface area contributed by atoms with Crippen LogP contribution in [-0.2, 0) is 19.1 Å². The van der Waals surface area contributed by atoms with Crippen LogP contribution in [0.15, 0.2) is 11.1 Å². The quantitative estimate of drug-likeness (QED) is 0.418. The van der Waals surface area contributed by atoms with E-state index >= 15 is 0 Å². The highest BCUT2D eigenvalue weighted by Crippen LogP contribution is 2.22. The van der Waals surface area contributed by atoms with Crippen molar-refractivity contribution in [2.75, 3.05) is 13.2 Å². The second kappa shape index (κ2) is 12.2. The lowest BCUT2D eigenvalue weighted by atomic mass is 9.95. The van der Waals surface area contributed by atoms with Gasteiger partial charge in [-0.1, -0.05) is 41.0 Å². The van der Waals surface area contributed by atoms with Crippen LogP contribution in [-0.4, -0.2) is 25.2 Å². The third-order valence-corrected chi connectivity index (χ3v) is 3.12. The zero-order valence-corrected chi connectivity index (χ0v) is 14.9. The van der Waals surface area contributed by atoms with Gasteiger partial charge in [0.1, 0.15) is 0 Å². The minimum atomic E-state index is -0.366. The molecule has 128 valence electrons. The Morgan fingerprint density at radius 2 is 1.32 bits per heavy atom. The van der Waals surface area contributed by atoms with E-state index in [4.69, 9.17) is 9.47 Å². The van der Waals surface area contributed by atoms with Gasteiger partial charge in [-0.2, -0.15) is 0 Å². The molecule has 0 aliphatic heterocycles. The fourth-order valence-corrected chi connectivity index (χ4v) is 2.03. The molecule has 0 radical (unpaired) electrons. The number of rotatable bonds is 11. The highest BCUT2D eigenvalue weighted by atomic mass is 16.5. The van der Waals surface area contributed by atoms with E-state index in [9.17, 15) is 9.59 Å². The second-order valence-corrected chi connectivity index (χ2v) is 5.93. The fraction of sp³-hybridized carbons (Fsp3) is 0.778. The number of hydrogen-bond acceptors (Lipinski definition) is 4. The van der Waals surface area contributed by atoms with Crippen molar-refractivity contribution in [1.29, 1.82) is 0 Å². The molecule has 0 atom stereocenters. The van der Waals surface area contributed by atoms with E-state index in [0.29, 0.717) is 37.2 Å². The summed E-state index contributed by atoms with van der Waals surface area (Å²) in [5.41, 5.74) is 1.00. The first-order valence-corrected chi connectivity index (χ1v) is 8.54. The molecule has 22 heavy (non-hydrogen) atoms. The first-order valence-electron chi connectivity index (χ1n) is 8.54. The molecule has 4 nitrogen and oxygen atoms in total. The Balaban J connectivity index is 5.41. The van der Waals surface area contributed by atoms with Crippen LogP contribution < -0.4 is 0 Å². The molecule has 0 saturated heterocycles. The molecule has 0 unspecified atom stereocenters. The molecule has 0 aromatic rings. The van der Waals surface area contributed by atoms with Crippen molar-refractivity contribution in [1.82, 2.24) is 0 Å². The summed E-state index contributed by atoms with van der Waals surface area (Å²) in [4.78, 5) is 24.7. The van der Waals surface area contributed by atoms with Crippen LogP contribution in [0.25, 0.3) is 0 Å². The van der Waals surface area contributed by atoms with Gasteiger partial charge in [0.15, 0.2) is 0 Å². The summed E-state index contributed by atoms with van der Waals surface area (Å²) < 4.78 is 10.5. The van der Waals surface area contributed by atoms with Gasteiger partial charge in [-0.3, -0.25) is 0 Å². The predicted octanol–water partition coefficient (Wildman–Crippen LogP) is 4.43. The van der Waals surface area contributed by atoms with Crippen molar-refractivity contribution in [3.05, 3.63) is 11.1 Å². The molecule has 0 saturated carbocycles. The van der Waals surface area contributed by atoms with Crippen LogP contribution in [0.4, 0.5) is 0 Å². The van der Waals surface area contributed by atoms with E-state index in [1.165, 1.54) is 0 Å². The van der Waals surface area contributed by atoms with Crippen molar-refractivity contribution >= 4 is 11.9 Å². The van der Waals surface area contributed by atoms with Crippen molar-refractivity contribution < 1.29 is 19.1 Å². The van der Waals surface area contributed by atoms with E-state index in [1.54, 1.807) is 0 Å². The SMILES string of the molecule is CCCC/C(C(=O)OCCC)=C(\CC(C)C)C(=O)OCCC. The molecule has 0 aliphatic carbocycles. The fourth-order valence-electron chi connectivity index (χ4n) is 2.03. The summed E-state index contributed by atoms with van der Waals surface area (Å²) in [6.07, 6.45) is 4.48. The molecule has 0 spiro atoms. The zero-order valence-electron chi connectivity index (χ0n) is 14.9. The third-order valence-electron chi connectivity index (χ3n) is 3.12. The lowest BCUT2D eigenvalue weighted by Gasteiger charge is -2.16. The molecular weight excluding hydrogens is 280 g/mol. The van der Waals surface area contributed by atoms with E-state index in [0.717, 1.165) is 25.7 Å². The minimum Gasteiger partial charge on any atom is -0.462 e. The predicted molar refractivity (Wildman–Crippen MR) is 88.5 cm³/mol. The zero-order chi connectivity index (χ0) is 17.0. The Morgan fingerprint density at radius 3 is 1.73 bits per heavy atom. The lowest BCUT2D eigenvalue weighted by Crippen LogP contribution is -2.19. The third kappa shape index (κ3) is 8.20. The number of carbonyl (C=O) groups excluding carboxylic acids is 2. The highest BCUT2D eigenvalue weighted by molar-refractivity contribution is 6.00. The summed E-state index contributed by atoms with van der Waals surface area (Å²) in [6.45, 7) is 10.8. The van der Waals surface area contributed by atoms with Crippen molar-refractivity contribution in [3.8, 4) is 0 Å². The van der Waals surface area contributed by atoms with Crippen LogP contribution in [0.1, 0.15) is 73.1 Å². The van der Waals surface area contributed by atoms with Crippen LogP contribution in [0.5, 0.6) is 0 Å². The van der Waals surface area contributed by atoms with Crippen LogP contribution in [0.3, 0.4) is 0 Å². The molecular formula is C18H32O4. The summed E-state index contributed by atoms with van der Waals surface area (Å²) in [7, 11) is 0. The average molecular weight is 312 g/mol. The number of carbonyl (C=O) groups is 2. The van der Waals surface area contributed by atoms with Crippen LogP contribution >= 0.6 is 0 Å². The maximum Gasteiger partial charge on any atom is 0.334 e. The Kier molecular flexibility index (Phi) is 11.5. The summed E-state index contributed by atoms with van der Waals surface area (Å²) >= 11 is 0. The lowest BCUT2D eigenvalue weighted by molar-refractivity contribution is -0.142. The summed E-state index contributed by atoms with van der Waals surface area (Å²) in [5.74, 6) is -0.450. The molecule has 0 rings (SSSR count). The van der Waals surface area contributed by atoms with Gasteiger partial charge in [0.05, 0.1) is 13.2 Å². The standard InChI is InChI=1S/C18H32O4/c1-6-9-10-15(17(19)21-11-7-2)16(13-14(4)5)18(20)22-12-8-3/h14H,6-13H2,1-5H3/b16-15-. The Morgan fingerprint density at radius 1 is 0.818 bits per heavy atom. The van der Waals surface area contributed by atoms with Gasteiger partial charge in [0, 0.05) is 11.1 Å². The maximum absolute atomic E-state index is 12.3. The number of unbranched alkanes of at least 4 members (excludes halogenated alkanes) is 1. The van der Waals surface area contributed by atoms with Gasteiger partial charge >= 0.3 is 11.9 Å². The monoisotopic (exact) mass is 312 g/mol. The Labute approximate surface area is 135 Å². The maximum atomic E-state index is 12.3. The van der Waals surface area contributed by atoms with Gasteiger partial charge in [-0.15, -0.1) is 0 Å². The second-order valence-electron chi connectivity index (χ2n) is 5.93. The van der Waals surface area contributed by atoms with Crippen LogP contribution in [0, 0.1) is 5.92 Å². The van der Waals surface area contributed by atoms with Gasteiger partial charge in [-0.05, 0) is 38.0 Å². The number of ether oxygens (including phenoxy) is 2. The molecule has 0 aromatic carbocycles. The topological polar surface area (TPSA) is 52.6 Å². The molecule has 0 N–H and O–H groups in total. The number of hydrogen-bond donors (Lipinski definition) is 0.